The van der Waals surface area contributed by atoms with Gasteiger partial charge in [0.25, 0.3) is 0 Å². The van der Waals surface area contributed by atoms with E-state index < -0.39 is 10.0 Å². The van der Waals surface area contributed by atoms with Gasteiger partial charge in [-0.3, -0.25) is 0 Å². The summed E-state index contributed by atoms with van der Waals surface area (Å²) in [6, 6.07) is 16.6. The fourth-order valence-corrected chi connectivity index (χ4v) is 5.47. The third-order valence-electron chi connectivity index (χ3n) is 3.78. The summed E-state index contributed by atoms with van der Waals surface area (Å²) in [5.41, 5.74) is 2.07. The van der Waals surface area contributed by atoms with Gasteiger partial charge in [0.15, 0.2) is 0 Å². The molecule has 0 unspecified atom stereocenters. The summed E-state index contributed by atoms with van der Waals surface area (Å²) in [7, 11) is -3.45. The standard InChI is InChI=1S/C16H16BrNO2S/c1-12-7-9-14(10-8-12)21(19,20)18-11-15(17)16(18)13-5-3-2-4-6-13/h2-10,15-16H,11H2,1H3/t15-,16+/m0/s1. The van der Waals surface area contributed by atoms with Gasteiger partial charge in [0.2, 0.25) is 10.0 Å². The van der Waals surface area contributed by atoms with E-state index in [1.165, 1.54) is 0 Å². The van der Waals surface area contributed by atoms with Crippen LogP contribution in [0.5, 0.6) is 0 Å². The molecule has 0 radical (unpaired) electrons. The number of rotatable bonds is 3. The van der Waals surface area contributed by atoms with E-state index >= 15 is 0 Å². The summed E-state index contributed by atoms with van der Waals surface area (Å²) in [6.45, 7) is 2.44. The van der Waals surface area contributed by atoms with Crippen LogP contribution in [-0.2, 0) is 10.0 Å². The van der Waals surface area contributed by atoms with Crippen molar-refractivity contribution in [1.29, 1.82) is 0 Å². The maximum Gasteiger partial charge on any atom is 0.243 e. The Kier molecular flexibility index (Phi) is 3.90. The van der Waals surface area contributed by atoms with Crippen LogP contribution in [0.1, 0.15) is 17.2 Å². The second-order valence-corrected chi connectivity index (χ2v) is 8.33. The van der Waals surface area contributed by atoms with Crippen LogP contribution in [-0.4, -0.2) is 24.1 Å². The van der Waals surface area contributed by atoms with Gasteiger partial charge in [-0.15, -0.1) is 0 Å². The van der Waals surface area contributed by atoms with Crippen molar-refractivity contribution in [2.24, 2.45) is 0 Å². The van der Waals surface area contributed by atoms with Crippen LogP contribution >= 0.6 is 15.9 Å². The monoisotopic (exact) mass is 365 g/mol. The molecule has 2 aromatic carbocycles. The number of hydrogen-bond acceptors (Lipinski definition) is 2. The molecule has 1 aliphatic rings. The molecule has 110 valence electrons. The van der Waals surface area contributed by atoms with Crippen LogP contribution < -0.4 is 0 Å². The minimum Gasteiger partial charge on any atom is -0.207 e. The summed E-state index contributed by atoms with van der Waals surface area (Å²) in [5.74, 6) is 0. The molecular formula is C16H16BrNO2S. The lowest BCUT2D eigenvalue weighted by Crippen LogP contribution is -2.53. The first-order valence-electron chi connectivity index (χ1n) is 6.77. The number of sulfonamides is 1. The van der Waals surface area contributed by atoms with Gasteiger partial charge in [-0.05, 0) is 24.6 Å². The summed E-state index contributed by atoms with van der Waals surface area (Å²) in [6.07, 6.45) is 0. The quantitative estimate of drug-likeness (QED) is 0.780. The highest BCUT2D eigenvalue weighted by molar-refractivity contribution is 9.09. The van der Waals surface area contributed by atoms with Crippen molar-refractivity contribution in [3.8, 4) is 0 Å². The Morgan fingerprint density at radius 3 is 2.24 bits per heavy atom. The molecule has 2 aromatic rings. The smallest absolute Gasteiger partial charge is 0.207 e. The molecule has 0 bridgehead atoms. The SMILES string of the molecule is Cc1ccc(S(=O)(=O)N2C[C@H](Br)[C@H]2c2ccccc2)cc1. The van der Waals surface area contributed by atoms with Crippen molar-refractivity contribution in [3.05, 3.63) is 65.7 Å². The molecule has 1 aliphatic heterocycles. The van der Waals surface area contributed by atoms with E-state index in [2.05, 4.69) is 15.9 Å². The number of nitrogens with zero attached hydrogens (tertiary/aromatic N) is 1. The van der Waals surface area contributed by atoms with Crippen LogP contribution in [0, 0.1) is 6.92 Å². The van der Waals surface area contributed by atoms with Crippen molar-refractivity contribution < 1.29 is 8.42 Å². The Hall–Kier alpha value is -1.17. The number of benzene rings is 2. The average Bonchev–Trinajstić information content (AvgIpc) is 2.46. The molecule has 1 saturated heterocycles. The van der Waals surface area contributed by atoms with E-state index in [0.717, 1.165) is 11.1 Å². The van der Waals surface area contributed by atoms with Gasteiger partial charge in [-0.25, -0.2) is 8.42 Å². The van der Waals surface area contributed by atoms with Crippen LogP contribution in [0.3, 0.4) is 0 Å². The molecule has 0 amide bonds. The van der Waals surface area contributed by atoms with Crippen LogP contribution in [0.15, 0.2) is 59.5 Å². The lowest BCUT2D eigenvalue weighted by molar-refractivity contribution is 0.218. The molecule has 0 N–H and O–H groups in total. The molecule has 0 saturated carbocycles. The third kappa shape index (κ3) is 2.65. The molecule has 3 rings (SSSR count). The summed E-state index contributed by atoms with van der Waals surface area (Å²) < 4.78 is 27.1. The van der Waals surface area contributed by atoms with Gasteiger partial charge in [0, 0.05) is 11.4 Å². The molecular weight excluding hydrogens is 350 g/mol. The first-order chi connectivity index (χ1) is 10.00. The summed E-state index contributed by atoms with van der Waals surface area (Å²) in [4.78, 5) is 0.508. The van der Waals surface area contributed by atoms with E-state index in [9.17, 15) is 8.42 Å². The van der Waals surface area contributed by atoms with E-state index in [1.54, 1.807) is 16.4 Å². The zero-order valence-electron chi connectivity index (χ0n) is 11.6. The molecule has 5 heteroatoms. The Morgan fingerprint density at radius 1 is 1.05 bits per heavy atom. The second-order valence-electron chi connectivity index (χ2n) is 5.26. The lowest BCUT2D eigenvalue weighted by Gasteiger charge is -2.44. The van der Waals surface area contributed by atoms with Gasteiger partial charge in [-0.2, -0.15) is 4.31 Å². The summed E-state index contributed by atoms with van der Waals surface area (Å²) in [5, 5.41) is 0. The van der Waals surface area contributed by atoms with Gasteiger partial charge < -0.3 is 0 Å². The Labute approximate surface area is 133 Å². The topological polar surface area (TPSA) is 37.4 Å². The second kappa shape index (κ2) is 5.55. The number of halogens is 1. The number of hydrogen-bond donors (Lipinski definition) is 0. The molecule has 0 aliphatic carbocycles. The van der Waals surface area contributed by atoms with Gasteiger partial charge >= 0.3 is 0 Å². The molecule has 21 heavy (non-hydrogen) atoms. The maximum atomic E-state index is 12.8. The molecule has 1 fully saturated rings. The highest BCUT2D eigenvalue weighted by Gasteiger charge is 2.45. The number of alkyl halides is 1. The largest absolute Gasteiger partial charge is 0.243 e. The zero-order valence-corrected chi connectivity index (χ0v) is 14.0. The minimum atomic E-state index is -3.45. The van der Waals surface area contributed by atoms with Gasteiger partial charge in [-0.1, -0.05) is 64.0 Å². The van der Waals surface area contributed by atoms with Gasteiger partial charge in [0.05, 0.1) is 10.9 Å². The molecule has 3 nitrogen and oxygen atoms in total. The normalized spacial score (nSPS) is 22.8. The molecule has 0 spiro atoms. The first-order valence-corrected chi connectivity index (χ1v) is 9.13. The molecule has 0 aromatic heterocycles. The van der Waals surface area contributed by atoms with Crippen LogP contribution in [0.25, 0.3) is 0 Å². The highest BCUT2D eigenvalue weighted by atomic mass is 79.9. The van der Waals surface area contributed by atoms with Crippen molar-refractivity contribution >= 4 is 26.0 Å². The zero-order chi connectivity index (χ0) is 15.0. The van der Waals surface area contributed by atoms with E-state index in [4.69, 9.17) is 0 Å². The number of aryl methyl sites for hydroxylation is 1. The van der Waals surface area contributed by atoms with E-state index in [-0.39, 0.29) is 10.9 Å². The summed E-state index contributed by atoms with van der Waals surface area (Å²) >= 11 is 3.57. The van der Waals surface area contributed by atoms with Crippen molar-refractivity contribution in [1.82, 2.24) is 4.31 Å². The first kappa shape index (κ1) is 14.8. The predicted octanol–water partition coefficient (Wildman–Crippen LogP) is 3.50. The fourth-order valence-electron chi connectivity index (χ4n) is 2.55. The van der Waals surface area contributed by atoms with Crippen molar-refractivity contribution in [2.75, 3.05) is 6.54 Å². The average molecular weight is 366 g/mol. The lowest BCUT2D eigenvalue weighted by atomic mass is 9.98. The molecule has 2 atom stereocenters. The Balaban J connectivity index is 1.94. The van der Waals surface area contributed by atoms with Gasteiger partial charge in [0.1, 0.15) is 0 Å². The Morgan fingerprint density at radius 2 is 1.67 bits per heavy atom. The van der Waals surface area contributed by atoms with Crippen molar-refractivity contribution in [2.45, 2.75) is 22.7 Å². The predicted molar refractivity (Wildman–Crippen MR) is 87.0 cm³/mol. The third-order valence-corrected chi connectivity index (χ3v) is 6.43. The minimum absolute atomic E-state index is 0.141. The van der Waals surface area contributed by atoms with E-state index in [1.807, 2.05) is 49.4 Å². The fraction of sp³-hybridized carbons (Fsp3) is 0.250. The Bertz CT molecular complexity index is 729. The van der Waals surface area contributed by atoms with Crippen LogP contribution in [0.4, 0.5) is 0 Å². The van der Waals surface area contributed by atoms with Crippen LogP contribution in [0.2, 0.25) is 0 Å². The molecule has 1 heterocycles. The van der Waals surface area contributed by atoms with Crippen molar-refractivity contribution in [3.63, 3.8) is 0 Å². The highest BCUT2D eigenvalue weighted by Crippen LogP contribution is 2.42. The van der Waals surface area contributed by atoms with E-state index in [0.29, 0.717) is 11.4 Å². The maximum absolute atomic E-state index is 12.8.